The summed E-state index contributed by atoms with van der Waals surface area (Å²) >= 11 is 0. The minimum Gasteiger partial charge on any atom is -0.327 e. The Balaban J connectivity index is 2.04. The summed E-state index contributed by atoms with van der Waals surface area (Å²) in [7, 11) is -3.23. The topological polar surface area (TPSA) is 60.2 Å². The lowest BCUT2D eigenvalue weighted by Crippen LogP contribution is -2.38. The van der Waals surface area contributed by atoms with E-state index in [1.807, 2.05) is 6.07 Å². The summed E-state index contributed by atoms with van der Waals surface area (Å²) in [4.78, 5) is 0.385. The molecular formula is C14H21NO2S. The average Bonchev–Trinajstić information content (AvgIpc) is 2.40. The molecule has 0 heterocycles. The Kier molecular flexibility index (Phi) is 4.40. The summed E-state index contributed by atoms with van der Waals surface area (Å²) in [5, 5.41) is 0. The highest BCUT2D eigenvalue weighted by molar-refractivity contribution is 7.91. The zero-order valence-electron chi connectivity index (χ0n) is 10.6. The van der Waals surface area contributed by atoms with Crippen LogP contribution in [0.15, 0.2) is 35.2 Å². The van der Waals surface area contributed by atoms with Gasteiger partial charge in [0.1, 0.15) is 0 Å². The zero-order chi connectivity index (χ0) is 13.0. The second-order valence-electron chi connectivity index (χ2n) is 5.16. The van der Waals surface area contributed by atoms with Crippen LogP contribution in [0.1, 0.15) is 32.1 Å². The molecule has 0 spiro atoms. The van der Waals surface area contributed by atoms with E-state index in [4.69, 9.17) is 5.73 Å². The fraction of sp³-hybridized carbons (Fsp3) is 0.571. The molecule has 1 unspecified atom stereocenters. The maximum absolute atomic E-state index is 12.2. The van der Waals surface area contributed by atoms with E-state index in [9.17, 15) is 8.42 Å². The van der Waals surface area contributed by atoms with Crippen molar-refractivity contribution in [2.45, 2.75) is 43.0 Å². The Morgan fingerprint density at radius 2 is 1.72 bits per heavy atom. The third-order valence-corrected chi connectivity index (χ3v) is 5.58. The third-order valence-electron chi connectivity index (χ3n) is 3.77. The quantitative estimate of drug-likeness (QED) is 0.911. The van der Waals surface area contributed by atoms with Gasteiger partial charge in [0.05, 0.1) is 10.6 Å². The minimum atomic E-state index is -3.23. The van der Waals surface area contributed by atoms with Gasteiger partial charge in [0, 0.05) is 6.04 Å². The summed E-state index contributed by atoms with van der Waals surface area (Å²) in [6, 6.07) is 8.37. The predicted octanol–water partition coefficient (Wildman–Crippen LogP) is 2.37. The molecule has 0 bridgehead atoms. The van der Waals surface area contributed by atoms with E-state index in [2.05, 4.69) is 0 Å². The van der Waals surface area contributed by atoms with E-state index in [1.165, 1.54) is 19.3 Å². The zero-order valence-corrected chi connectivity index (χ0v) is 11.4. The van der Waals surface area contributed by atoms with E-state index >= 15 is 0 Å². The standard InChI is InChI=1S/C14H21NO2S/c15-14(12-7-3-1-4-8-12)11-18(16,17)13-9-5-2-6-10-13/h2,5-6,9-10,12,14H,1,3-4,7-8,11,15H2. The van der Waals surface area contributed by atoms with Crippen molar-refractivity contribution >= 4 is 9.84 Å². The van der Waals surface area contributed by atoms with Crippen LogP contribution in [-0.4, -0.2) is 20.2 Å². The molecule has 18 heavy (non-hydrogen) atoms. The molecule has 2 N–H and O–H groups in total. The molecule has 1 fully saturated rings. The van der Waals surface area contributed by atoms with Gasteiger partial charge in [-0.15, -0.1) is 0 Å². The van der Waals surface area contributed by atoms with Crippen LogP contribution in [0.25, 0.3) is 0 Å². The first-order chi connectivity index (χ1) is 8.59. The van der Waals surface area contributed by atoms with Crippen LogP contribution in [-0.2, 0) is 9.84 Å². The molecule has 1 saturated carbocycles. The van der Waals surface area contributed by atoms with Crippen LogP contribution in [0.2, 0.25) is 0 Å². The number of benzene rings is 1. The smallest absolute Gasteiger partial charge is 0.179 e. The van der Waals surface area contributed by atoms with Crippen molar-refractivity contribution in [2.75, 3.05) is 5.75 Å². The normalized spacial score (nSPS) is 19.6. The first-order valence-corrected chi connectivity index (χ1v) is 8.28. The molecular weight excluding hydrogens is 246 g/mol. The van der Waals surface area contributed by atoms with Crippen molar-refractivity contribution in [1.29, 1.82) is 0 Å². The second-order valence-corrected chi connectivity index (χ2v) is 7.19. The summed E-state index contributed by atoms with van der Waals surface area (Å²) in [5.74, 6) is 0.444. The van der Waals surface area contributed by atoms with Crippen LogP contribution in [0, 0.1) is 5.92 Å². The molecule has 3 nitrogen and oxygen atoms in total. The van der Waals surface area contributed by atoms with Gasteiger partial charge in [0.25, 0.3) is 0 Å². The van der Waals surface area contributed by atoms with Gasteiger partial charge in [0.2, 0.25) is 0 Å². The van der Waals surface area contributed by atoms with Gasteiger partial charge in [-0.2, -0.15) is 0 Å². The Bertz CT molecular complexity index is 464. The predicted molar refractivity (Wildman–Crippen MR) is 73.0 cm³/mol. The lowest BCUT2D eigenvalue weighted by Gasteiger charge is -2.27. The molecule has 1 aliphatic rings. The first-order valence-electron chi connectivity index (χ1n) is 6.63. The van der Waals surface area contributed by atoms with E-state index in [-0.39, 0.29) is 11.8 Å². The number of hydrogen-bond acceptors (Lipinski definition) is 3. The van der Waals surface area contributed by atoms with Gasteiger partial charge in [-0.1, -0.05) is 37.5 Å². The molecule has 1 aliphatic carbocycles. The number of sulfone groups is 1. The second kappa shape index (κ2) is 5.85. The number of hydrogen-bond donors (Lipinski definition) is 1. The van der Waals surface area contributed by atoms with Gasteiger partial charge in [-0.3, -0.25) is 0 Å². The fourth-order valence-electron chi connectivity index (χ4n) is 2.68. The monoisotopic (exact) mass is 267 g/mol. The fourth-order valence-corrected chi connectivity index (χ4v) is 4.22. The summed E-state index contributed by atoms with van der Waals surface area (Å²) in [6.45, 7) is 0. The molecule has 1 aromatic rings. The first kappa shape index (κ1) is 13.6. The van der Waals surface area contributed by atoms with Crippen molar-refractivity contribution < 1.29 is 8.42 Å². The van der Waals surface area contributed by atoms with E-state index in [0.29, 0.717) is 10.8 Å². The molecule has 4 heteroatoms. The van der Waals surface area contributed by atoms with Crippen molar-refractivity contribution in [3.8, 4) is 0 Å². The van der Waals surface area contributed by atoms with Gasteiger partial charge < -0.3 is 5.73 Å². The Hall–Kier alpha value is -0.870. The summed E-state index contributed by atoms with van der Waals surface area (Å²) < 4.78 is 24.4. The number of rotatable bonds is 4. The molecule has 1 aromatic carbocycles. The number of nitrogens with two attached hydrogens (primary N) is 1. The molecule has 2 rings (SSSR count). The lowest BCUT2D eigenvalue weighted by molar-refractivity contribution is 0.317. The van der Waals surface area contributed by atoms with Crippen molar-refractivity contribution in [3.63, 3.8) is 0 Å². The molecule has 0 saturated heterocycles. The molecule has 0 radical (unpaired) electrons. The van der Waals surface area contributed by atoms with Gasteiger partial charge in [0.15, 0.2) is 9.84 Å². The molecule has 100 valence electrons. The Morgan fingerprint density at radius 3 is 2.33 bits per heavy atom. The largest absolute Gasteiger partial charge is 0.327 e. The Morgan fingerprint density at radius 1 is 1.11 bits per heavy atom. The third kappa shape index (κ3) is 3.33. The highest BCUT2D eigenvalue weighted by Crippen LogP contribution is 2.27. The van der Waals surface area contributed by atoms with Crippen LogP contribution in [0.4, 0.5) is 0 Å². The molecule has 0 amide bonds. The molecule has 0 aromatic heterocycles. The molecule has 1 atom stereocenters. The van der Waals surface area contributed by atoms with Crippen molar-refractivity contribution in [2.24, 2.45) is 11.7 Å². The van der Waals surface area contributed by atoms with Crippen LogP contribution < -0.4 is 5.73 Å². The SMILES string of the molecule is NC(CS(=O)(=O)c1ccccc1)C1CCCCC1. The van der Waals surface area contributed by atoms with E-state index in [1.54, 1.807) is 24.3 Å². The average molecular weight is 267 g/mol. The van der Waals surface area contributed by atoms with Gasteiger partial charge in [-0.05, 0) is 30.9 Å². The molecule has 0 aliphatic heterocycles. The van der Waals surface area contributed by atoms with Crippen molar-refractivity contribution in [3.05, 3.63) is 30.3 Å². The highest BCUT2D eigenvalue weighted by atomic mass is 32.2. The van der Waals surface area contributed by atoms with Crippen LogP contribution >= 0.6 is 0 Å². The maximum atomic E-state index is 12.2. The van der Waals surface area contributed by atoms with E-state index in [0.717, 1.165) is 12.8 Å². The minimum absolute atomic E-state index is 0.0711. The van der Waals surface area contributed by atoms with Crippen molar-refractivity contribution in [1.82, 2.24) is 0 Å². The van der Waals surface area contributed by atoms with Crippen LogP contribution in [0.3, 0.4) is 0 Å². The van der Waals surface area contributed by atoms with Gasteiger partial charge in [-0.25, -0.2) is 8.42 Å². The maximum Gasteiger partial charge on any atom is 0.179 e. The summed E-state index contributed by atoms with van der Waals surface area (Å²) in [5.41, 5.74) is 6.09. The lowest BCUT2D eigenvalue weighted by atomic mass is 9.85. The van der Waals surface area contributed by atoms with Crippen LogP contribution in [0.5, 0.6) is 0 Å². The van der Waals surface area contributed by atoms with Gasteiger partial charge >= 0.3 is 0 Å². The van der Waals surface area contributed by atoms with E-state index < -0.39 is 9.84 Å². The highest BCUT2D eigenvalue weighted by Gasteiger charge is 2.26. The summed E-state index contributed by atoms with van der Waals surface area (Å²) in [6.07, 6.45) is 5.78. The Labute approximate surface area is 109 Å².